The number of hydrogen-bond donors (Lipinski definition) is 0. The number of carbonyl (C=O) groups excluding carboxylic acids is 1. The fourth-order valence-electron chi connectivity index (χ4n) is 2.79. The third-order valence-corrected chi connectivity index (χ3v) is 5.05. The minimum atomic E-state index is 0.0897. The van der Waals surface area contributed by atoms with Crippen molar-refractivity contribution in [1.82, 2.24) is 9.80 Å². The number of hydrogen-bond acceptors (Lipinski definition) is 5. The quantitative estimate of drug-likeness (QED) is 0.615. The van der Waals surface area contributed by atoms with Gasteiger partial charge in [-0.25, -0.2) is 0 Å². The van der Waals surface area contributed by atoms with E-state index in [4.69, 9.17) is 9.47 Å². The van der Waals surface area contributed by atoms with Crippen LogP contribution >= 0.6 is 11.8 Å². The zero-order chi connectivity index (χ0) is 19.8. The van der Waals surface area contributed by atoms with Crippen molar-refractivity contribution in [2.24, 2.45) is 0 Å². The second kappa shape index (κ2) is 10.2. The molecule has 27 heavy (non-hydrogen) atoms. The second-order valence-corrected chi connectivity index (χ2v) is 7.34. The summed E-state index contributed by atoms with van der Waals surface area (Å²) in [5.74, 6) is 1.49. The van der Waals surface area contributed by atoms with Crippen LogP contribution in [0.5, 0.6) is 11.5 Å². The number of methoxy groups -OCH3 is 2. The first-order valence-corrected chi connectivity index (χ1v) is 9.95. The van der Waals surface area contributed by atoms with Crippen molar-refractivity contribution < 1.29 is 14.3 Å². The van der Waals surface area contributed by atoms with Crippen LogP contribution in [0.3, 0.4) is 0 Å². The van der Waals surface area contributed by atoms with E-state index >= 15 is 0 Å². The number of amides is 1. The predicted molar refractivity (Wildman–Crippen MR) is 111 cm³/mol. The Balaban J connectivity index is 1.90. The second-order valence-electron chi connectivity index (χ2n) is 6.46. The van der Waals surface area contributed by atoms with Crippen LogP contribution in [0.4, 0.5) is 0 Å². The summed E-state index contributed by atoms with van der Waals surface area (Å²) >= 11 is 1.71. The molecule has 6 heteroatoms. The highest BCUT2D eigenvalue weighted by Gasteiger charge is 2.13. The van der Waals surface area contributed by atoms with Crippen LogP contribution in [0.1, 0.15) is 11.1 Å². The summed E-state index contributed by atoms with van der Waals surface area (Å²) in [5.41, 5.74) is 2.20. The van der Waals surface area contributed by atoms with Gasteiger partial charge in [-0.2, -0.15) is 0 Å². The molecule has 0 spiro atoms. The molecule has 1 amide bonds. The van der Waals surface area contributed by atoms with E-state index in [2.05, 4.69) is 30.5 Å². The maximum atomic E-state index is 12.5. The van der Waals surface area contributed by atoms with Gasteiger partial charge in [-0.3, -0.25) is 9.69 Å². The summed E-state index contributed by atoms with van der Waals surface area (Å²) in [7, 11) is 7.02. The van der Waals surface area contributed by atoms with E-state index in [1.54, 1.807) is 30.9 Å². The van der Waals surface area contributed by atoms with Gasteiger partial charge in [0, 0.05) is 25.0 Å². The van der Waals surface area contributed by atoms with Gasteiger partial charge >= 0.3 is 0 Å². The summed E-state index contributed by atoms with van der Waals surface area (Å²) in [5, 5.41) is 0. The molecule has 0 bridgehead atoms. The molecule has 0 N–H and O–H groups in total. The first-order valence-electron chi connectivity index (χ1n) is 8.73. The van der Waals surface area contributed by atoms with E-state index in [0.717, 1.165) is 11.1 Å². The smallest absolute Gasteiger partial charge is 0.236 e. The van der Waals surface area contributed by atoms with Crippen LogP contribution in [0.25, 0.3) is 0 Å². The van der Waals surface area contributed by atoms with Crippen molar-refractivity contribution in [3.8, 4) is 11.5 Å². The fourth-order valence-corrected chi connectivity index (χ4v) is 3.20. The van der Waals surface area contributed by atoms with Crippen LogP contribution in [0, 0.1) is 0 Å². The normalized spacial score (nSPS) is 10.7. The highest BCUT2D eigenvalue weighted by Crippen LogP contribution is 2.27. The molecule has 0 heterocycles. The number of benzene rings is 2. The Hall–Kier alpha value is -2.18. The molecule has 0 radical (unpaired) electrons. The topological polar surface area (TPSA) is 42.0 Å². The summed E-state index contributed by atoms with van der Waals surface area (Å²) in [6.45, 7) is 1.62. The van der Waals surface area contributed by atoms with Crippen LogP contribution < -0.4 is 9.47 Å². The Labute approximate surface area is 166 Å². The Morgan fingerprint density at radius 1 is 0.926 bits per heavy atom. The first kappa shape index (κ1) is 21.1. The Morgan fingerprint density at radius 3 is 2.15 bits per heavy atom. The van der Waals surface area contributed by atoms with E-state index in [1.807, 2.05) is 37.2 Å². The van der Waals surface area contributed by atoms with E-state index in [9.17, 15) is 4.79 Å². The molecule has 0 aliphatic rings. The van der Waals surface area contributed by atoms with Crippen LogP contribution in [0.15, 0.2) is 47.4 Å². The summed E-state index contributed by atoms with van der Waals surface area (Å²) in [4.78, 5) is 17.5. The van der Waals surface area contributed by atoms with Crippen molar-refractivity contribution in [2.45, 2.75) is 18.0 Å². The molecule has 5 nitrogen and oxygen atoms in total. The average molecular weight is 389 g/mol. The highest BCUT2D eigenvalue weighted by molar-refractivity contribution is 7.98. The predicted octanol–water partition coefficient (Wildman–Crippen LogP) is 3.52. The third-order valence-electron chi connectivity index (χ3n) is 4.31. The van der Waals surface area contributed by atoms with Crippen LogP contribution in [-0.2, 0) is 17.9 Å². The molecule has 0 aromatic heterocycles. The number of rotatable bonds is 9. The number of carbonyl (C=O) groups is 1. The zero-order valence-electron chi connectivity index (χ0n) is 16.7. The maximum absolute atomic E-state index is 12.5. The first-order chi connectivity index (χ1) is 13.0. The van der Waals surface area contributed by atoms with E-state index < -0.39 is 0 Å². The Morgan fingerprint density at radius 2 is 1.56 bits per heavy atom. The van der Waals surface area contributed by atoms with Crippen LogP contribution in [0.2, 0.25) is 0 Å². The molecule has 2 aromatic rings. The SMILES string of the molecule is COc1ccc(CN(C)CC(=O)N(C)Cc2ccc(SC)cc2)cc1OC. The number of ether oxygens (including phenoxy) is 2. The molecule has 146 valence electrons. The minimum absolute atomic E-state index is 0.0897. The van der Waals surface area contributed by atoms with Gasteiger partial charge in [0.2, 0.25) is 5.91 Å². The lowest BCUT2D eigenvalue weighted by atomic mass is 10.2. The van der Waals surface area contributed by atoms with Gasteiger partial charge in [0.05, 0.1) is 20.8 Å². The van der Waals surface area contributed by atoms with Crippen molar-refractivity contribution in [3.05, 3.63) is 53.6 Å². The van der Waals surface area contributed by atoms with E-state index in [0.29, 0.717) is 31.1 Å². The lowest BCUT2D eigenvalue weighted by Crippen LogP contribution is -2.36. The van der Waals surface area contributed by atoms with E-state index in [1.165, 1.54) is 4.90 Å². The van der Waals surface area contributed by atoms with Crippen LogP contribution in [-0.4, -0.2) is 56.8 Å². The highest BCUT2D eigenvalue weighted by atomic mass is 32.2. The van der Waals surface area contributed by atoms with Crippen molar-refractivity contribution >= 4 is 17.7 Å². The lowest BCUT2D eigenvalue weighted by Gasteiger charge is -2.22. The summed E-state index contributed by atoms with van der Waals surface area (Å²) in [6, 6.07) is 14.1. The fraction of sp³-hybridized carbons (Fsp3) is 0.381. The molecule has 0 saturated heterocycles. The van der Waals surface area contributed by atoms with E-state index in [-0.39, 0.29) is 5.91 Å². The van der Waals surface area contributed by atoms with Gasteiger partial charge in [0.1, 0.15) is 0 Å². The van der Waals surface area contributed by atoms with Crippen molar-refractivity contribution in [2.75, 3.05) is 41.1 Å². The average Bonchev–Trinajstić information content (AvgIpc) is 2.68. The Bertz CT molecular complexity index is 750. The number of nitrogens with zero attached hydrogens (tertiary/aromatic N) is 2. The largest absolute Gasteiger partial charge is 0.493 e. The molecule has 0 unspecified atom stereocenters. The Kier molecular flexibility index (Phi) is 8.00. The van der Waals surface area contributed by atoms with Gasteiger partial charge in [-0.15, -0.1) is 11.8 Å². The van der Waals surface area contributed by atoms with Gasteiger partial charge in [-0.1, -0.05) is 18.2 Å². The number of thioether (sulfide) groups is 1. The zero-order valence-corrected chi connectivity index (χ0v) is 17.5. The van der Waals surface area contributed by atoms with Gasteiger partial charge in [0.25, 0.3) is 0 Å². The number of likely N-dealkylation sites (N-methyl/N-ethyl adjacent to an activating group) is 2. The molecule has 0 fully saturated rings. The summed E-state index contributed by atoms with van der Waals surface area (Å²) in [6.07, 6.45) is 2.05. The molecular weight excluding hydrogens is 360 g/mol. The third kappa shape index (κ3) is 6.19. The standard InChI is InChI=1S/C21H28N2O3S/c1-22(13-17-8-11-19(25-3)20(12-17)26-4)15-21(24)23(2)14-16-6-9-18(27-5)10-7-16/h6-12H,13-15H2,1-5H3. The maximum Gasteiger partial charge on any atom is 0.236 e. The minimum Gasteiger partial charge on any atom is -0.493 e. The molecule has 2 aromatic carbocycles. The van der Waals surface area contributed by atoms with Gasteiger partial charge in [-0.05, 0) is 48.7 Å². The van der Waals surface area contributed by atoms with Crippen molar-refractivity contribution in [3.63, 3.8) is 0 Å². The molecule has 2 rings (SSSR count). The molecule has 0 saturated carbocycles. The summed E-state index contributed by atoms with van der Waals surface area (Å²) < 4.78 is 10.6. The monoisotopic (exact) mass is 388 g/mol. The lowest BCUT2D eigenvalue weighted by molar-refractivity contribution is -0.131. The van der Waals surface area contributed by atoms with Gasteiger partial charge < -0.3 is 14.4 Å². The molecule has 0 atom stereocenters. The molecular formula is C21H28N2O3S. The van der Waals surface area contributed by atoms with Crippen molar-refractivity contribution in [1.29, 1.82) is 0 Å². The molecule has 0 aliphatic heterocycles. The molecule has 0 aliphatic carbocycles. The van der Waals surface area contributed by atoms with Gasteiger partial charge in [0.15, 0.2) is 11.5 Å².